The summed E-state index contributed by atoms with van der Waals surface area (Å²) in [5.74, 6) is -0.320. The number of rotatable bonds is 5. The van der Waals surface area contributed by atoms with Crippen molar-refractivity contribution in [3.05, 3.63) is 42.7 Å². The molecule has 2 aromatic heterocycles. The maximum absolute atomic E-state index is 13.2. The monoisotopic (exact) mass is 497 g/mol. The van der Waals surface area contributed by atoms with Crippen molar-refractivity contribution in [2.24, 2.45) is 0 Å². The Kier molecular flexibility index (Phi) is 7.04. The summed E-state index contributed by atoms with van der Waals surface area (Å²) >= 11 is 8.61. The molecular weight excluding hydrogens is 474 g/mol. The molecule has 2 aromatic rings. The first-order valence-electron chi connectivity index (χ1n) is 10.3. The second-order valence-corrected chi connectivity index (χ2v) is 10.4. The van der Waals surface area contributed by atoms with Crippen molar-refractivity contribution in [1.82, 2.24) is 15.1 Å². The number of methoxy groups -OCH3 is 1. The van der Waals surface area contributed by atoms with E-state index in [4.69, 9.17) is 21.1 Å². The SMILES string of the molecule is CCOC(=O)N1CCc2sc(C(=O)N3C[C@H](NC(=O)c4ccc(Cl)s4)[C@@H](OC)C3)cc2C1. The van der Waals surface area contributed by atoms with Crippen molar-refractivity contribution in [1.29, 1.82) is 0 Å². The van der Waals surface area contributed by atoms with E-state index >= 15 is 0 Å². The molecule has 4 heterocycles. The third-order valence-corrected chi connectivity index (χ3v) is 8.03. The Labute approximate surface area is 199 Å². The molecule has 4 rings (SSSR count). The largest absolute Gasteiger partial charge is 0.450 e. The predicted molar refractivity (Wildman–Crippen MR) is 123 cm³/mol. The lowest BCUT2D eigenvalue weighted by molar-refractivity contribution is 0.0695. The van der Waals surface area contributed by atoms with Crippen LogP contribution in [0.3, 0.4) is 0 Å². The molecule has 1 saturated heterocycles. The van der Waals surface area contributed by atoms with Gasteiger partial charge < -0.3 is 24.6 Å². The van der Waals surface area contributed by atoms with E-state index in [9.17, 15) is 14.4 Å². The minimum atomic E-state index is -0.328. The summed E-state index contributed by atoms with van der Waals surface area (Å²) in [5.41, 5.74) is 0.986. The van der Waals surface area contributed by atoms with Crippen molar-refractivity contribution >= 4 is 52.2 Å². The summed E-state index contributed by atoms with van der Waals surface area (Å²) in [6, 6.07) is 4.92. The zero-order valence-corrected chi connectivity index (χ0v) is 20.1. The molecule has 2 atom stereocenters. The highest BCUT2D eigenvalue weighted by Crippen LogP contribution is 2.30. The molecule has 0 aromatic carbocycles. The molecule has 0 aliphatic carbocycles. The third kappa shape index (κ3) is 4.78. The molecule has 0 saturated carbocycles. The first-order chi connectivity index (χ1) is 15.4. The number of halogens is 1. The van der Waals surface area contributed by atoms with Crippen LogP contribution in [0.4, 0.5) is 4.79 Å². The second kappa shape index (κ2) is 9.78. The second-order valence-electron chi connectivity index (χ2n) is 7.60. The van der Waals surface area contributed by atoms with Gasteiger partial charge in [0, 0.05) is 31.6 Å². The molecule has 172 valence electrons. The van der Waals surface area contributed by atoms with E-state index < -0.39 is 0 Å². The number of ether oxygens (including phenoxy) is 2. The van der Waals surface area contributed by atoms with E-state index in [2.05, 4.69) is 5.32 Å². The lowest BCUT2D eigenvalue weighted by Crippen LogP contribution is -2.43. The van der Waals surface area contributed by atoms with Gasteiger partial charge in [-0.1, -0.05) is 11.6 Å². The quantitative estimate of drug-likeness (QED) is 0.685. The molecular formula is C21H24ClN3O5S2. The highest BCUT2D eigenvalue weighted by atomic mass is 35.5. The van der Waals surface area contributed by atoms with Gasteiger partial charge in [-0.05, 0) is 37.1 Å². The van der Waals surface area contributed by atoms with Crippen LogP contribution in [0, 0.1) is 0 Å². The molecule has 1 N–H and O–H groups in total. The van der Waals surface area contributed by atoms with Gasteiger partial charge in [-0.2, -0.15) is 0 Å². The Hall–Kier alpha value is -2.14. The third-order valence-electron chi connectivity index (χ3n) is 5.57. The molecule has 11 heteroatoms. The molecule has 0 spiro atoms. The van der Waals surface area contributed by atoms with Crippen LogP contribution < -0.4 is 5.32 Å². The zero-order chi connectivity index (χ0) is 22.8. The smallest absolute Gasteiger partial charge is 0.410 e. The number of fused-ring (bicyclic) bond motifs is 1. The Balaban J connectivity index is 1.42. The van der Waals surface area contributed by atoms with E-state index in [1.807, 2.05) is 6.07 Å². The number of carbonyl (C=O) groups excluding carboxylic acids is 3. The highest BCUT2D eigenvalue weighted by Gasteiger charge is 2.38. The lowest BCUT2D eigenvalue weighted by atomic mass is 10.1. The molecule has 0 unspecified atom stereocenters. The Morgan fingerprint density at radius 3 is 2.69 bits per heavy atom. The first kappa shape index (κ1) is 23.0. The van der Waals surface area contributed by atoms with Crippen LogP contribution in [-0.4, -0.2) is 73.2 Å². The van der Waals surface area contributed by atoms with Crippen molar-refractivity contribution in [2.45, 2.75) is 32.0 Å². The van der Waals surface area contributed by atoms with E-state index in [-0.39, 0.29) is 30.1 Å². The van der Waals surface area contributed by atoms with Crippen LogP contribution >= 0.6 is 34.3 Å². The maximum atomic E-state index is 13.2. The summed E-state index contributed by atoms with van der Waals surface area (Å²) in [6.07, 6.45) is 0.0759. The molecule has 3 amide bonds. The average Bonchev–Trinajstić information content (AvgIpc) is 3.50. The van der Waals surface area contributed by atoms with Crippen LogP contribution in [0.15, 0.2) is 18.2 Å². The Morgan fingerprint density at radius 2 is 2.00 bits per heavy atom. The van der Waals surface area contributed by atoms with Crippen molar-refractivity contribution < 1.29 is 23.9 Å². The molecule has 32 heavy (non-hydrogen) atoms. The van der Waals surface area contributed by atoms with Crippen molar-refractivity contribution in [3.8, 4) is 0 Å². The highest BCUT2D eigenvalue weighted by molar-refractivity contribution is 7.18. The number of nitrogens with zero attached hydrogens (tertiary/aromatic N) is 2. The fourth-order valence-corrected chi connectivity index (χ4v) is 6.04. The molecule has 2 aliphatic heterocycles. The fourth-order valence-electron chi connectivity index (χ4n) is 3.96. The minimum Gasteiger partial charge on any atom is -0.450 e. The van der Waals surface area contributed by atoms with Crippen LogP contribution in [0.1, 0.15) is 36.7 Å². The number of hydrogen-bond donors (Lipinski definition) is 1. The van der Waals surface area contributed by atoms with Crippen LogP contribution in [0.2, 0.25) is 4.34 Å². The number of nitrogens with one attached hydrogen (secondary N) is 1. The lowest BCUT2D eigenvalue weighted by Gasteiger charge is -2.25. The van der Waals surface area contributed by atoms with Gasteiger partial charge >= 0.3 is 6.09 Å². The zero-order valence-electron chi connectivity index (χ0n) is 17.8. The molecule has 8 nitrogen and oxygen atoms in total. The number of thiophene rings is 2. The van der Waals surface area contributed by atoms with Crippen LogP contribution in [0.5, 0.6) is 0 Å². The number of amides is 3. The van der Waals surface area contributed by atoms with E-state index in [0.717, 1.165) is 10.4 Å². The summed E-state index contributed by atoms with van der Waals surface area (Å²) in [6.45, 7) is 3.89. The van der Waals surface area contributed by atoms with E-state index in [0.29, 0.717) is 53.3 Å². The van der Waals surface area contributed by atoms with Crippen molar-refractivity contribution in [3.63, 3.8) is 0 Å². The minimum absolute atomic E-state index is 0.0925. The van der Waals surface area contributed by atoms with Crippen LogP contribution in [-0.2, 0) is 22.4 Å². The molecule has 0 bridgehead atoms. The van der Waals surface area contributed by atoms with Crippen molar-refractivity contribution in [2.75, 3.05) is 33.4 Å². The normalized spacial score (nSPS) is 20.2. The molecule has 0 radical (unpaired) electrons. The van der Waals surface area contributed by atoms with Gasteiger partial charge in [0.2, 0.25) is 0 Å². The number of hydrogen-bond acceptors (Lipinski definition) is 7. The summed E-state index contributed by atoms with van der Waals surface area (Å²) in [4.78, 5) is 43.4. The summed E-state index contributed by atoms with van der Waals surface area (Å²) in [5, 5.41) is 2.96. The number of carbonyl (C=O) groups is 3. The summed E-state index contributed by atoms with van der Waals surface area (Å²) < 4.78 is 11.2. The van der Waals surface area contributed by atoms with Gasteiger partial charge in [-0.15, -0.1) is 22.7 Å². The van der Waals surface area contributed by atoms with Gasteiger partial charge in [0.15, 0.2) is 0 Å². The molecule has 1 fully saturated rings. The van der Waals surface area contributed by atoms with Gasteiger partial charge in [0.05, 0.1) is 39.4 Å². The number of likely N-dealkylation sites (tertiary alicyclic amines) is 1. The topological polar surface area (TPSA) is 88.2 Å². The first-order valence-corrected chi connectivity index (χ1v) is 12.3. The Morgan fingerprint density at radius 1 is 1.19 bits per heavy atom. The molecule has 2 aliphatic rings. The average molecular weight is 498 g/mol. The van der Waals surface area contributed by atoms with Gasteiger partial charge in [0.1, 0.15) is 0 Å². The van der Waals surface area contributed by atoms with Crippen LogP contribution in [0.25, 0.3) is 0 Å². The summed E-state index contributed by atoms with van der Waals surface area (Å²) in [7, 11) is 1.58. The van der Waals surface area contributed by atoms with Gasteiger partial charge in [-0.3, -0.25) is 9.59 Å². The standard InChI is InChI=1S/C21H24ClN3O5S2/c1-3-30-21(28)24-7-6-15-12(9-24)8-17(31-15)20(27)25-10-13(14(11-25)29-2)23-19(26)16-4-5-18(22)32-16/h4-5,8,13-14H,3,6-7,9-11H2,1-2H3,(H,23,26)/t13-,14-/m0/s1. The maximum Gasteiger partial charge on any atom is 0.410 e. The fraction of sp³-hybridized carbons (Fsp3) is 0.476. The van der Waals surface area contributed by atoms with E-state index in [1.54, 1.807) is 36.0 Å². The predicted octanol–water partition coefficient (Wildman–Crippen LogP) is 3.25. The van der Waals surface area contributed by atoms with Gasteiger partial charge in [-0.25, -0.2) is 4.79 Å². The van der Waals surface area contributed by atoms with Gasteiger partial charge in [0.25, 0.3) is 11.8 Å². The van der Waals surface area contributed by atoms with E-state index in [1.165, 1.54) is 22.7 Å². The Bertz CT molecular complexity index is 1020.